The van der Waals surface area contributed by atoms with Gasteiger partial charge in [-0.15, -0.1) is 0 Å². The molecule has 1 fully saturated rings. The lowest BCUT2D eigenvalue weighted by molar-refractivity contribution is -0.137. The summed E-state index contributed by atoms with van der Waals surface area (Å²) in [5, 5.41) is 3.87. The molecule has 1 aromatic carbocycles. The summed E-state index contributed by atoms with van der Waals surface area (Å²) in [5.74, 6) is 0.673. The van der Waals surface area contributed by atoms with Crippen molar-refractivity contribution in [3.05, 3.63) is 42.0 Å². The second-order valence-electron chi connectivity index (χ2n) is 7.30. The normalized spacial score (nSPS) is 16.3. The molecule has 1 saturated heterocycles. The molecule has 29 heavy (non-hydrogen) atoms. The Kier molecular flexibility index (Phi) is 4.99. The molecule has 0 bridgehead atoms. The second kappa shape index (κ2) is 7.47. The predicted octanol–water partition coefficient (Wildman–Crippen LogP) is 3.80. The highest BCUT2D eigenvalue weighted by Gasteiger charge is 2.30. The lowest BCUT2D eigenvalue weighted by atomic mass is 10.1. The molecular weight excluding hydrogens is 381 g/mol. The van der Waals surface area contributed by atoms with Crippen LogP contribution in [0, 0.1) is 0 Å². The summed E-state index contributed by atoms with van der Waals surface area (Å²) in [6, 6.07) is 8.63. The van der Waals surface area contributed by atoms with Gasteiger partial charge in [-0.2, -0.15) is 23.1 Å². The number of hydrogen-bond acceptors (Lipinski definition) is 6. The number of nitrogens with two attached hydrogens (primary N) is 1. The van der Waals surface area contributed by atoms with Gasteiger partial charge in [-0.1, -0.05) is 12.1 Å². The molecule has 0 saturated carbocycles. The number of likely N-dealkylation sites (tertiary alicyclic amines) is 1. The first kappa shape index (κ1) is 19.4. The number of aromatic nitrogens is 3. The summed E-state index contributed by atoms with van der Waals surface area (Å²) in [4.78, 5) is 15.5. The van der Waals surface area contributed by atoms with Crippen LogP contribution in [0.15, 0.2) is 36.4 Å². The van der Waals surface area contributed by atoms with Crippen molar-refractivity contribution in [3.63, 3.8) is 0 Å². The Morgan fingerprint density at radius 1 is 1.07 bits per heavy atom. The first-order valence-corrected chi connectivity index (χ1v) is 9.36. The average Bonchev–Trinajstić information content (AvgIpc) is 2.69. The zero-order valence-corrected chi connectivity index (χ0v) is 15.9. The molecule has 2 aromatic heterocycles. The van der Waals surface area contributed by atoms with Crippen molar-refractivity contribution in [3.8, 4) is 11.3 Å². The fraction of sp³-hybridized carbons (Fsp3) is 0.350. The molecule has 6 nitrogen and oxygen atoms in total. The fourth-order valence-corrected chi connectivity index (χ4v) is 3.45. The zero-order valence-electron chi connectivity index (χ0n) is 15.9. The number of piperidine rings is 1. The Balaban J connectivity index is 1.66. The number of alkyl halides is 3. The molecule has 4 rings (SSSR count). The van der Waals surface area contributed by atoms with Gasteiger partial charge in [0.1, 0.15) is 5.82 Å². The number of benzene rings is 1. The Hall–Kier alpha value is -2.94. The Labute approximate surface area is 166 Å². The van der Waals surface area contributed by atoms with Crippen molar-refractivity contribution in [2.75, 3.05) is 31.2 Å². The number of nitrogen functional groups attached to an aromatic ring is 1. The van der Waals surface area contributed by atoms with E-state index >= 15 is 0 Å². The Morgan fingerprint density at radius 2 is 1.83 bits per heavy atom. The van der Waals surface area contributed by atoms with Crippen molar-refractivity contribution in [2.45, 2.75) is 25.1 Å². The van der Waals surface area contributed by atoms with E-state index in [4.69, 9.17) is 5.73 Å². The van der Waals surface area contributed by atoms with Gasteiger partial charge in [-0.25, -0.2) is 4.98 Å². The first-order chi connectivity index (χ1) is 13.8. The zero-order chi connectivity index (χ0) is 20.6. The van der Waals surface area contributed by atoms with Crippen molar-refractivity contribution in [1.29, 1.82) is 0 Å². The molecule has 0 radical (unpaired) electrons. The van der Waals surface area contributed by atoms with Crippen LogP contribution in [0.2, 0.25) is 0 Å². The van der Waals surface area contributed by atoms with Crippen LogP contribution in [0.4, 0.5) is 24.9 Å². The van der Waals surface area contributed by atoms with Gasteiger partial charge in [0.2, 0.25) is 5.95 Å². The van der Waals surface area contributed by atoms with Crippen LogP contribution in [0.3, 0.4) is 0 Å². The van der Waals surface area contributed by atoms with E-state index < -0.39 is 11.7 Å². The number of nitrogens with one attached hydrogen (secondary N) is 1. The minimum atomic E-state index is -4.41. The lowest BCUT2D eigenvalue weighted by Gasteiger charge is -2.29. The van der Waals surface area contributed by atoms with E-state index in [-0.39, 0.29) is 11.9 Å². The monoisotopic (exact) mass is 402 g/mol. The number of fused-ring (bicyclic) bond motifs is 1. The maximum absolute atomic E-state index is 13.0. The molecule has 9 heteroatoms. The summed E-state index contributed by atoms with van der Waals surface area (Å²) in [7, 11) is 2.08. The summed E-state index contributed by atoms with van der Waals surface area (Å²) in [6.45, 7) is 1.97. The van der Waals surface area contributed by atoms with Gasteiger partial charge in [0, 0.05) is 11.6 Å². The fourth-order valence-electron chi connectivity index (χ4n) is 3.45. The standard InChI is InChI=1S/C20H21F3N6/c1-29-9-7-14(8-10-29)25-19-27-17(24)15-5-6-16(26-18(15)28-19)12-3-2-4-13(11-12)20(21,22)23/h2-6,11,14H,7-10H2,1H3,(H3,24,25,26,27,28). The van der Waals surface area contributed by atoms with Crippen molar-refractivity contribution >= 4 is 22.8 Å². The number of nitrogens with zero attached hydrogens (tertiary/aromatic N) is 4. The van der Waals surface area contributed by atoms with Crippen LogP contribution in [-0.2, 0) is 6.18 Å². The molecular formula is C20H21F3N6. The summed E-state index contributed by atoms with van der Waals surface area (Å²) in [5.41, 5.74) is 6.46. The van der Waals surface area contributed by atoms with E-state index in [1.807, 2.05) is 0 Å². The summed E-state index contributed by atoms with van der Waals surface area (Å²) >= 11 is 0. The number of anilines is 2. The highest BCUT2D eigenvalue weighted by Crippen LogP contribution is 2.32. The Morgan fingerprint density at radius 3 is 2.55 bits per heavy atom. The van der Waals surface area contributed by atoms with Crippen LogP contribution in [0.1, 0.15) is 18.4 Å². The quantitative estimate of drug-likeness (QED) is 0.694. The minimum absolute atomic E-state index is 0.245. The first-order valence-electron chi connectivity index (χ1n) is 9.36. The van der Waals surface area contributed by atoms with Crippen molar-refractivity contribution in [2.24, 2.45) is 0 Å². The molecule has 0 amide bonds. The van der Waals surface area contributed by atoms with Crippen molar-refractivity contribution in [1.82, 2.24) is 19.9 Å². The minimum Gasteiger partial charge on any atom is -0.383 e. The van der Waals surface area contributed by atoms with Crippen LogP contribution in [-0.4, -0.2) is 46.0 Å². The maximum atomic E-state index is 13.0. The number of halogens is 3. The largest absolute Gasteiger partial charge is 0.416 e. The lowest BCUT2D eigenvalue weighted by Crippen LogP contribution is -2.37. The molecule has 3 aromatic rings. The van der Waals surface area contributed by atoms with Crippen LogP contribution in [0.5, 0.6) is 0 Å². The van der Waals surface area contributed by atoms with Gasteiger partial charge in [0.05, 0.1) is 16.6 Å². The van der Waals surface area contributed by atoms with Gasteiger partial charge >= 0.3 is 6.18 Å². The highest BCUT2D eigenvalue weighted by molar-refractivity contribution is 5.88. The number of rotatable bonds is 3. The molecule has 3 N–H and O–H groups in total. The van der Waals surface area contributed by atoms with E-state index in [0.717, 1.165) is 38.1 Å². The molecule has 0 atom stereocenters. The molecule has 0 unspecified atom stereocenters. The number of pyridine rings is 1. The summed E-state index contributed by atoms with van der Waals surface area (Å²) < 4.78 is 39.1. The van der Waals surface area contributed by atoms with E-state index in [1.165, 1.54) is 6.07 Å². The van der Waals surface area contributed by atoms with E-state index in [9.17, 15) is 13.2 Å². The van der Waals surface area contributed by atoms with Crippen molar-refractivity contribution < 1.29 is 13.2 Å². The molecule has 0 aliphatic carbocycles. The van der Waals surface area contributed by atoms with Gasteiger partial charge in [-0.05, 0) is 57.2 Å². The van der Waals surface area contributed by atoms with E-state index in [1.54, 1.807) is 18.2 Å². The van der Waals surface area contributed by atoms with Gasteiger partial charge in [-0.3, -0.25) is 0 Å². The third-order valence-corrected chi connectivity index (χ3v) is 5.13. The maximum Gasteiger partial charge on any atom is 0.416 e. The molecule has 1 aliphatic rings. The van der Waals surface area contributed by atoms with E-state index in [2.05, 4.69) is 32.2 Å². The van der Waals surface area contributed by atoms with Gasteiger partial charge < -0.3 is 16.0 Å². The molecule has 152 valence electrons. The van der Waals surface area contributed by atoms with Crippen LogP contribution in [0.25, 0.3) is 22.3 Å². The average molecular weight is 402 g/mol. The third kappa shape index (κ3) is 4.24. The highest BCUT2D eigenvalue weighted by atomic mass is 19.4. The SMILES string of the molecule is CN1CCC(Nc2nc(N)c3ccc(-c4cccc(C(F)(F)F)c4)nc3n2)CC1. The Bertz CT molecular complexity index is 1030. The smallest absolute Gasteiger partial charge is 0.383 e. The predicted molar refractivity (Wildman–Crippen MR) is 106 cm³/mol. The summed E-state index contributed by atoms with van der Waals surface area (Å²) in [6.07, 6.45) is -2.48. The van der Waals surface area contributed by atoms with Gasteiger partial charge in [0.25, 0.3) is 0 Å². The van der Waals surface area contributed by atoms with Gasteiger partial charge in [0.15, 0.2) is 5.65 Å². The molecule has 0 spiro atoms. The number of hydrogen-bond donors (Lipinski definition) is 2. The topological polar surface area (TPSA) is 80.0 Å². The molecule has 3 heterocycles. The third-order valence-electron chi connectivity index (χ3n) is 5.13. The van der Waals surface area contributed by atoms with E-state index in [0.29, 0.717) is 28.2 Å². The van der Waals surface area contributed by atoms with Crippen LogP contribution < -0.4 is 11.1 Å². The van der Waals surface area contributed by atoms with Crippen LogP contribution >= 0.6 is 0 Å². The molecule has 1 aliphatic heterocycles. The second-order valence-corrected chi connectivity index (χ2v) is 7.30.